The zero-order chi connectivity index (χ0) is 18.9. The fraction of sp³-hybridized carbons (Fsp3) is 0.273. The van der Waals surface area contributed by atoms with Gasteiger partial charge in [-0.2, -0.15) is 5.26 Å². The van der Waals surface area contributed by atoms with Crippen LogP contribution in [0.5, 0.6) is 0 Å². The molecule has 1 N–H and O–H groups in total. The number of amides is 1. The molecule has 5 heteroatoms. The summed E-state index contributed by atoms with van der Waals surface area (Å²) in [5.41, 5.74) is 2.54. The number of nitriles is 1. The molecule has 0 aliphatic carbocycles. The highest BCUT2D eigenvalue weighted by atomic mass is 16.2. The predicted octanol–water partition coefficient (Wildman–Crippen LogP) is 2.53. The third-order valence-electron chi connectivity index (χ3n) is 4.65. The van der Waals surface area contributed by atoms with E-state index in [0.29, 0.717) is 19.6 Å². The second kappa shape index (κ2) is 9.56. The molecule has 0 unspecified atom stereocenters. The molecule has 3 rings (SSSR count). The van der Waals surface area contributed by atoms with Crippen LogP contribution >= 0.6 is 0 Å². The van der Waals surface area contributed by atoms with Crippen LogP contribution in [0.3, 0.4) is 0 Å². The van der Waals surface area contributed by atoms with Crippen LogP contribution < -0.4 is 5.32 Å². The van der Waals surface area contributed by atoms with Crippen molar-refractivity contribution < 1.29 is 4.79 Å². The molecule has 138 valence electrons. The van der Waals surface area contributed by atoms with E-state index in [9.17, 15) is 10.1 Å². The van der Waals surface area contributed by atoms with E-state index >= 15 is 0 Å². The van der Waals surface area contributed by atoms with Crippen molar-refractivity contribution in [2.24, 2.45) is 0 Å². The third-order valence-corrected chi connectivity index (χ3v) is 4.65. The summed E-state index contributed by atoms with van der Waals surface area (Å²) in [7, 11) is 0. The highest BCUT2D eigenvalue weighted by Gasteiger charge is 2.23. The van der Waals surface area contributed by atoms with Gasteiger partial charge in [0.15, 0.2) is 0 Å². The Balaban J connectivity index is 1.49. The number of benzene rings is 2. The van der Waals surface area contributed by atoms with Gasteiger partial charge in [-0.1, -0.05) is 60.7 Å². The van der Waals surface area contributed by atoms with E-state index < -0.39 is 0 Å². The van der Waals surface area contributed by atoms with E-state index in [1.54, 1.807) is 4.90 Å². The largest absolute Gasteiger partial charge is 0.386 e. The van der Waals surface area contributed by atoms with Gasteiger partial charge in [0, 0.05) is 45.5 Å². The summed E-state index contributed by atoms with van der Waals surface area (Å²) < 4.78 is 0. The van der Waals surface area contributed by atoms with Crippen LogP contribution in [0.15, 0.2) is 72.4 Å². The Morgan fingerprint density at radius 3 is 2.15 bits per heavy atom. The predicted molar refractivity (Wildman–Crippen MR) is 105 cm³/mol. The molecule has 1 heterocycles. The lowest BCUT2D eigenvalue weighted by atomic mass is 10.2. The second-order valence-electron chi connectivity index (χ2n) is 6.59. The Kier molecular flexibility index (Phi) is 6.61. The molecule has 1 aliphatic rings. The Morgan fingerprint density at radius 2 is 1.56 bits per heavy atom. The summed E-state index contributed by atoms with van der Waals surface area (Å²) in [5, 5.41) is 12.4. The number of carbonyl (C=O) groups is 1. The van der Waals surface area contributed by atoms with E-state index in [1.807, 2.05) is 54.6 Å². The SMILES string of the molecule is N#C/C(=C/NCc1ccccc1)C(=O)N1CCN(Cc2ccccc2)CC1. The van der Waals surface area contributed by atoms with Crippen molar-refractivity contribution in [3.8, 4) is 6.07 Å². The maximum Gasteiger partial charge on any atom is 0.266 e. The molecule has 2 aromatic rings. The van der Waals surface area contributed by atoms with Gasteiger partial charge in [0.2, 0.25) is 0 Å². The molecule has 5 nitrogen and oxygen atoms in total. The minimum atomic E-state index is -0.197. The van der Waals surface area contributed by atoms with E-state index in [-0.39, 0.29) is 11.5 Å². The molecule has 0 atom stereocenters. The Bertz CT molecular complexity index is 803. The molecular formula is C22H24N4O. The highest BCUT2D eigenvalue weighted by molar-refractivity contribution is 5.97. The first-order valence-corrected chi connectivity index (χ1v) is 9.19. The summed E-state index contributed by atoms with van der Waals surface area (Å²) >= 11 is 0. The van der Waals surface area contributed by atoms with Crippen LogP contribution in [0.4, 0.5) is 0 Å². The zero-order valence-corrected chi connectivity index (χ0v) is 15.3. The van der Waals surface area contributed by atoms with Crippen LogP contribution in [-0.2, 0) is 17.9 Å². The Hall–Kier alpha value is -3.10. The molecule has 0 radical (unpaired) electrons. The first-order chi connectivity index (χ1) is 13.3. The van der Waals surface area contributed by atoms with Gasteiger partial charge in [-0.3, -0.25) is 9.69 Å². The van der Waals surface area contributed by atoms with E-state index in [1.165, 1.54) is 11.8 Å². The van der Waals surface area contributed by atoms with Crippen molar-refractivity contribution in [3.05, 3.63) is 83.6 Å². The standard InChI is InChI=1S/C22H24N4O/c23-15-21(17-24-16-19-7-3-1-4-8-19)22(27)26-13-11-25(12-14-26)18-20-9-5-2-6-10-20/h1-10,17,24H,11-14,16,18H2/b21-17-. The first-order valence-electron chi connectivity index (χ1n) is 9.19. The van der Waals surface area contributed by atoms with Crippen LogP contribution in [-0.4, -0.2) is 41.9 Å². The minimum absolute atomic E-state index is 0.155. The fourth-order valence-electron chi connectivity index (χ4n) is 3.13. The number of hydrogen-bond acceptors (Lipinski definition) is 4. The lowest BCUT2D eigenvalue weighted by Crippen LogP contribution is -2.48. The van der Waals surface area contributed by atoms with Crippen LogP contribution in [0.25, 0.3) is 0 Å². The van der Waals surface area contributed by atoms with E-state index in [2.05, 4.69) is 22.3 Å². The molecule has 2 aromatic carbocycles. The lowest BCUT2D eigenvalue weighted by molar-refractivity contribution is -0.128. The average Bonchev–Trinajstić information content (AvgIpc) is 2.73. The number of nitrogens with one attached hydrogen (secondary N) is 1. The fourth-order valence-corrected chi connectivity index (χ4v) is 3.13. The molecule has 0 aromatic heterocycles. The summed E-state index contributed by atoms with van der Waals surface area (Å²) in [6.45, 7) is 4.40. The van der Waals surface area contributed by atoms with Gasteiger partial charge < -0.3 is 10.2 Å². The summed E-state index contributed by atoms with van der Waals surface area (Å²) in [5.74, 6) is -0.197. The van der Waals surface area contributed by atoms with Crippen LogP contribution in [0, 0.1) is 11.3 Å². The normalized spacial score (nSPS) is 15.2. The molecule has 0 saturated carbocycles. The van der Waals surface area contributed by atoms with Gasteiger partial charge >= 0.3 is 0 Å². The van der Waals surface area contributed by atoms with Gasteiger partial charge in [-0.05, 0) is 11.1 Å². The molecule has 1 aliphatic heterocycles. The highest BCUT2D eigenvalue weighted by Crippen LogP contribution is 2.10. The van der Waals surface area contributed by atoms with Gasteiger partial charge in [0.1, 0.15) is 11.6 Å². The Labute approximate surface area is 160 Å². The minimum Gasteiger partial charge on any atom is -0.386 e. The summed E-state index contributed by atoms with van der Waals surface area (Å²) in [6, 6.07) is 22.3. The molecule has 1 fully saturated rings. The first kappa shape index (κ1) is 18.7. The summed E-state index contributed by atoms with van der Waals surface area (Å²) in [4.78, 5) is 16.7. The van der Waals surface area contributed by atoms with Gasteiger partial charge in [0.05, 0.1) is 0 Å². The van der Waals surface area contributed by atoms with Crippen LogP contribution in [0.1, 0.15) is 11.1 Å². The molecular weight excluding hydrogens is 336 g/mol. The van der Waals surface area contributed by atoms with Crippen LogP contribution in [0.2, 0.25) is 0 Å². The van der Waals surface area contributed by atoms with E-state index in [4.69, 9.17) is 0 Å². The number of piperazine rings is 1. The number of carbonyl (C=O) groups excluding carboxylic acids is 1. The summed E-state index contributed by atoms with van der Waals surface area (Å²) in [6.07, 6.45) is 1.53. The quantitative estimate of drug-likeness (QED) is 0.635. The van der Waals surface area contributed by atoms with Gasteiger partial charge in [-0.15, -0.1) is 0 Å². The van der Waals surface area contributed by atoms with E-state index in [0.717, 1.165) is 25.2 Å². The smallest absolute Gasteiger partial charge is 0.266 e. The van der Waals surface area contributed by atoms with Crippen molar-refractivity contribution in [2.75, 3.05) is 26.2 Å². The van der Waals surface area contributed by atoms with Crippen molar-refractivity contribution in [1.82, 2.24) is 15.1 Å². The lowest BCUT2D eigenvalue weighted by Gasteiger charge is -2.34. The maximum absolute atomic E-state index is 12.6. The monoisotopic (exact) mass is 360 g/mol. The van der Waals surface area contributed by atoms with Crippen molar-refractivity contribution in [1.29, 1.82) is 5.26 Å². The van der Waals surface area contributed by atoms with Crippen molar-refractivity contribution in [2.45, 2.75) is 13.1 Å². The van der Waals surface area contributed by atoms with Gasteiger partial charge in [-0.25, -0.2) is 0 Å². The number of hydrogen-bond donors (Lipinski definition) is 1. The van der Waals surface area contributed by atoms with Gasteiger partial charge in [0.25, 0.3) is 5.91 Å². The topological polar surface area (TPSA) is 59.4 Å². The molecule has 1 amide bonds. The average molecular weight is 360 g/mol. The molecule has 27 heavy (non-hydrogen) atoms. The molecule has 1 saturated heterocycles. The number of rotatable bonds is 6. The second-order valence-corrected chi connectivity index (χ2v) is 6.59. The van der Waals surface area contributed by atoms with Crippen molar-refractivity contribution >= 4 is 5.91 Å². The molecule has 0 spiro atoms. The Morgan fingerprint density at radius 1 is 0.963 bits per heavy atom. The van der Waals surface area contributed by atoms with Crippen molar-refractivity contribution in [3.63, 3.8) is 0 Å². The zero-order valence-electron chi connectivity index (χ0n) is 15.3. The number of nitrogens with zero attached hydrogens (tertiary/aromatic N) is 3. The maximum atomic E-state index is 12.6. The molecule has 0 bridgehead atoms. The third kappa shape index (κ3) is 5.44.